The first-order valence-corrected chi connectivity index (χ1v) is 7.09. The second kappa shape index (κ2) is 4.94. The summed E-state index contributed by atoms with van der Waals surface area (Å²) in [6.45, 7) is 6.75. The van der Waals surface area contributed by atoms with Crippen LogP contribution in [0, 0.1) is 5.41 Å². The molecule has 0 bridgehead atoms. The number of hydrogen-bond donors (Lipinski definition) is 1. The molecule has 1 fully saturated rings. The Bertz CT molecular complexity index is 366. The van der Waals surface area contributed by atoms with E-state index in [4.69, 9.17) is 0 Å². The first-order valence-electron chi connectivity index (χ1n) is 6.10. The number of nitrogens with zero attached hydrogens (tertiary/aromatic N) is 4. The number of nitrogens with one attached hydrogen (secondary N) is 1. The zero-order valence-electron chi connectivity index (χ0n) is 11.0. The molecule has 0 amide bonds. The van der Waals surface area contributed by atoms with Crippen LogP contribution in [0.3, 0.4) is 0 Å². The van der Waals surface area contributed by atoms with E-state index in [0.29, 0.717) is 12.1 Å². The van der Waals surface area contributed by atoms with Crippen LogP contribution in [-0.4, -0.2) is 39.0 Å². The topological polar surface area (TPSA) is 55.6 Å². The molecule has 2 rings (SSSR count). The van der Waals surface area contributed by atoms with Crippen molar-refractivity contribution in [2.45, 2.75) is 50.9 Å². The van der Waals surface area contributed by atoms with Crippen molar-refractivity contribution in [1.29, 1.82) is 0 Å². The third kappa shape index (κ3) is 3.19. The fourth-order valence-electron chi connectivity index (χ4n) is 1.75. The minimum absolute atomic E-state index is 0.250. The maximum atomic E-state index is 4.10. The molecule has 0 radical (unpaired) electrons. The molecule has 1 saturated carbocycles. The standard InChI is InChI=1S/C11H21N5S/c1-11(2,3)9(12-4)7-17-10-13-14-15-16(10)8-5-6-8/h8-9,12H,5-7H2,1-4H3. The highest BCUT2D eigenvalue weighted by molar-refractivity contribution is 7.99. The molecular weight excluding hydrogens is 234 g/mol. The van der Waals surface area contributed by atoms with Crippen molar-refractivity contribution < 1.29 is 0 Å². The quantitative estimate of drug-likeness (QED) is 0.812. The summed E-state index contributed by atoms with van der Waals surface area (Å²) in [5, 5.41) is 16.3. The second-order valence-corrected chi connectivity index (χ2v) is 6.64. The number of thioether (sulfide) groups is 1. The Morgan fingerprint density at radius 3 is 2.71 bits per heavy atom. The first-order chi connectivity index (χ1) is 8.02. The average molecular weight is 255 g/mol. The first kappa shape index (κ1) is 12.8. The minimum atomic E-state index is 0.250. The van der Waals surface area contributed by atoms with E-state index in [2.05, 4.69) is 41.6 Å². The predicted octanol–water partition coefficient (Wildman–Crippen LogP) is 1.73. The lowest BCUT2D eigenvalue weighted by Gasteiger charge is -2.29. The van der Waals surface area contributed by atoms with Gasteiger partial charge in [-0.15, -0.1) is 5.10 Å². The van der Waals surface area contributed by atoms with Gasteiger partial charge in [-0.1, -0.05) is 32.5 Å². The summed E-state index contributed by atoms with van der Waals surface area (Å²) in [6, 6.07) is 1.01. The molecule has 0 saturated heterocycles. The molecule has 1 unspecified atom stereocenters. The maximum absolute atomic E-state index is 4.10. The molecule has 1 aromatic rings. The van der Waals surface area contributed by atoms with E-state index in [1.165, 1.54) is 12.8 Å². The minimum Gasteiger partial charge on any atom is -0.316 e. The van der Waals surface area contributed by atoms with Gasteiger partial charge in [0.15, 0.2) is 0 Å². The smallest absolute Gasteiger partial charge is 0.209 e. The molecular formula is C11H21N5S. The molecule has 1 aliphatic rings. The van der Waals surface area contributed by atoms with Crippen molar-refractivity contribution in [3.05, 3.63) is 0 Å². The molecule has 6 heteroatoms. The van der Waals surface area contributed by atoms with Crippen LogP contribution in [0.5, 0.6) is 0 Å². The highest BCUT2D eigenvalue weighted by Crippen LogP contribution is 2.36. The molecule has 0 aliphatic heterocycles. The Morgan fingerprint density at radius 1 is 1.47 bits per heavy atom. The third-order valence-electron chi connectivity index (χ3n) is 3.13. The Morgan fingerprint density at radius 2 is 2.18 bits per heavy atom. The summed E-state index contributed by atoms with van der Waals surface area (Å²) in [6.07, 6.45) is 2.43. The lowest BCUT2D eigenvalue weighted by Crippen LogP contribution is -2.40. The summed E-state index contributed by atoms with van der Waals surface area (Å²) in [4.78, 5) is 0. The Labute approximate surface area is 107 Å². The lowest BCUT2D eigenvalue weighted by atomic mass is 9.88. The Kier molecular flexibility index (Phi) is 3.73. The summed E-state index contributed by atoms with van der Waals surface area (Å²) < 4.78 is 1.97. The molecule has 5 nitrogen and oxygen atoms in total. The molecule has 1 atom stereocenters. The van der Waals surface area contributed by atoms with Crippen molar-refractivity contribution in [1.82, 2.24) is 25.5 Å². The van der Waals surface area contributed by atoms with Crippen molar-refractivity contribution in [3.63, 3.8) is 0 Å². The fourth-order valence-corrected chi connectivity index (χ4v) is 3.15. The van der Waals surface area contributed by atoms with Crippen molar-refractivity contribution in [3.8, 4) is 0 Å². The molecule has 1 aliphatic carbocycles. The predicted molar refractivity (Wildman–Crippen MR) is 69.1 cm³/mol. The van der Waals surface area contributed by atoms with Crippen LogP contribution in [0.2, 0.25) is 0 Å². The van der Waals surface area contributed by atoms with Gasteiger partial charge < -0.3 is 5.32 Å². The van der Waals surface area contributed by atoms with Gasteiger partial charge >= 0.3 is 0 Å². The van der Waals surface area contributed by atoms with E-state index in [1.54, 1.807) is 11.8 Å². The van der Waals surface area contributed by atoms with E-state index < -0.39 is 0 Å². The largest absolute Gasteiger partial charge is 0.316 e. The number of tetrazole rings is 1. The van der Waals surface area contributed by atoms with E-state index in [0.717, 1.165) is 10.9 Å². The Balaban J connectivity index is 1.94. The van der Waals surface area contributed by atoms with Gasteiger partial charge in [0.05, 0.1) is 6.04 Å². The summed E-state index contributed by atoms with van der Waals surface area (Å²) >= 11 is 1.75. The van der Waals surface area contributed by atoms with Crippen LogP contribution in [0.15, 0.2) is 5.16 Å². The normalized spacial score (nSPS) is 18.4. The summed E-state index contributed by atoms with van der Waals surface area (Å²) in [7, 11) is 2.01. The average Bonchev–Trinajstić information content (AvgIpc) is 2.98. The molecule has 0 aromatic carbocycles. The van der Waals surface area contributed by atoms with E-state index in [-0.39, 0.29) is 5.41 Å². The van der Waals surface area contributed by atoms with Gasteiger partial charge in [0.1, 0.15) is 0 Å². The van der Waals surface area contributed by atoms with Gasteiger partial charge in [-0.25, -0.2) is 4.68 Å². The highest BCUT2D eigenvalue weighted by Gasteiger charge is 2.29. The van der Waals surface area contributed by atoms with Crippen LogP contribution in [0.4, 0.5) is 0 Å². The van der Waals surface area contributed by atoms with Gasteiger partial charge in [0.25, 0.3) is 0 Å². The number of aromatic nitrogens is 4. The Hall–Kier alpha value is -0.620. The molecule has 1 heterocycles. The SMILES string of the molecule is CNC(CSc1nnnn1C1CC1)C(C)(C)C. The van der Waals surface area contributed by atoms with Gasteiger partial charge in [-0.05, 0) is 35.7 Å². The van der Waals surface area contributed by atoms with Crippen LogP contribution in [0.1, 0.15) is 39.7 Å². The van der Waals surface area contributed by atoms with E-state index in [9.17, 15) is 0 Å². The summed E-state index contributed by atoms with van der Waals surface area (Å²) in [5.41, 5.74) is 0.250. The molecule has 1 N–H and O–H groups in total. The van der Waals surface area contributed by atoms with Crippen LogP contribution in [-0.2, 0) is 0 Å². The molecule has 96 valence electrons. The highest BCUT2D eigenvalue weighted by atomic mass is 32.2. The van der Waals surface area contributed by atoms with Crippen LogP contribution in [0.25, 0.3) is 0 Å². The molecule has 0 spiro atoms. The van der Waals surface area contributed by atoms with Gasteiger partial charge in [-0.2, -0.15) is 0 Å². The zero-order chi connectivity index (χ0) is 12.5. The third-order valence-corrected chi connectivity index (χ3v) is 4.16. The number of rotatable bonds is 5. The lowest BCUT2D eigenvalue weighted by molar-refractivity contribution is 0.305. The van der Waals surface area contributed by atoms with Gasteiger partial charge in [0.2, 0.25) is 5.16 Å². The van der Waals surface area contributed by atoms with Gasteiger partial charge in [0, 0.05) is 11.8 Å². The van der Waals surface area contributed by atoms with Gasteiger partial charge in [-0.3, -0.25) is 0 Å². The fraction of sp³-hybridized carbons (Fsp3) is 0.909. The van der Waals surface area contributed by atoms with Crippen LogP contribution >= 0.6 is 11.8 Å². The zero-order valence-corrected chi connectivity index (χ0v) is 11.8. The maximum Gasteiger partial charge on any atom is 0.209 e. The summed E-state index contributed by atoms with van der Waals surface area (Å²) in [5.74, 6) is 0.993. The molecule has 17 heavy (non-hydrogen) atoms. The molecule has 1 aromatic heterocycles. The van der Waals surface area contributed by atoms with Crippen molar-refractivity contribution >= 4 is 11.8 Å². The second-order valence-electron chi connectivity index (χ2n) is 5.66. The van der Waals surface area contributed by atoms with E-state index >= 15 is 0 Å². The van der Waals surface area contributed by atoms with Crippen molar-refractivity contribution in [2.75, 3.05) is 12.8 Å². The van der Waals surface area contributed by atoms with E-state index in [1.807, 2.05) is 11.7 Å². The number of hydrogen-bond acceptors (Lipinski definition) is 5. The monoisotopic (exact) mass is 255 g/mol. The van der Waals surface area contributed by atoms with Crippen molar-refractivity contribution in [2.24, 2.45) is 5.41 Å². The van der Waals surface area contributed by atoms with Crippen LogP contribution < -0.4 is 5.32 Å².